The summed E-state index contributed by atoms with van der Waals surface area (Å²) in [6.45, 7) is 5.01. The van der Waals surface area contributed by atoms with Crippen LogP contribution in [-0.2, 0) is 20.7 Å². The van der Waals surface area contributed by atoms with Crippen LogP contribution >= 0.6 is 0 Å². The number of aryl methyl sites for hydroxylation is 1. The molecule has 1 aliphatic heterocycles. The Morgan fingerprint density at radius 1 is 1.36 bits per heavy atom. The van der Waals surface area contributed by atoms with E-state index in [0.29, 0.717) is 13.0 Å². The molecule has 22 heavy (non-hydrogen) atoms. The summed E-state index contributed by atoms with van der Waals surface area (Å²) in [4.78, 5) is 24.9. The van der Waals surface area contributed by atoms with Crippen molar-refractivity contribution in [1.29, 1.82) is 0 Å². The van der Waals surface area contributed by atoms with Crippen LogP contribution in [-0.4, -0.2) is 47.7 Å². The van der Waals surface area contributed by atoms with Crippen LogP contribution in [0.4, 0.5) is 0 Å². The number of nitrogens with zero attached hydrogens (tertiary/aromatic N) is 1. The number of carbonyl (C=O) groups excluding carboxylic acids is 1. The summed E-state index contributed by atoms with van der Waals surface area (Å²) in [6.07, 6.45) is 0.479. The Kier molecular flexibility index (Phi) is 5.55. The van der Waals surface area contributed by atoms with Gasteiger partial charge in [0.05, 0.1) is 13.2 Å². The molecule has 1 N–H and O–H groups in total. The molecule has 0 spiro atoms. The van der Waals surface area contributed by atoms with Gasteiger partial charge < -0.3 is 14.7 Å². The SMILES string of the molecule is CCc1ccc([C@H](C)CC(=O)N2CCO[C@@H](C(=O)O)C2)cc1. The zero-order valence-corrected chi connectivity index (χ0v) is 13.1. The van der Waals surface area contributed by atoms with Crippen LogP contribution < -0.4 is 0 Å². The lowest BCUT2D eigenvalue weighted by atomic mass is 9.95. The maximum Gasteiger partial charge on any atom is 0.334 e. The van der Waals surface area contributed by atoms with Gasteiger partial charge in [0.1, 0.15) is 0 Å². The number of amides is 1. The van der Waals surface area contributed by atoms with Gasteiger partial charge in [0.25, 0.3) is 0 Å². The van der Waals surface area contributed by atoms with Crippen LogP contribution in [0.2, 0.25) is 0 Å². The van der Waals surface area contributed by atoms with Crippen LogP contribution in [0.3, 0.4) is 0 Å². The van der Waals surface area contributed by atoms with Crippen molar-refractivity contribution in [2.45, 2.75) is 38.7 Å². The second-order valence-corrected chi connectivity index (χ2v) is 5.74. The lowest BCUT2D eigenvalue weighted by molar-refractivity contribution is -0.159. The van der Waals surface area contributed by atoms with Crippen LogP contribution in [0, 0.1) is 0 Å². The second-order valence-electron chi connectivity index (χ2n) is 5.74. The van der Waals surface area contributed by atoms with Gasteiger partial charge in [-0.15, -0.1) is 0 Å². The third-order valence-corrected chi connectivity index (χ3v) is 4.13. The van der Waals surface area contributed by atoms with E-state index in [1.165, 1.54) is 5.56 Å². The Balaban J connectivity index is 1.93. The molecule has 1 amide bonds. The molecule has 1 heterocycles. The smallest absolute Gasteiger partial charge is 0.334 e. The average Bonchev–Trinajstić information content (AvgIpc) is 2.54. The van der Waals surface area contributed by atoms with Crippen molar-refractivity contribution >= 4 is 11.9 Å². The molecule has 2 atom stereocenters. The van der Waals surface area contributed by atoms with Crippen molar-refractivity contribution in [1.82, 2.24) is 4.90 Å². The van der Waals surface area contributed by atoms with E-state index in [1.54, 1.807) is 4.90 Å². The molecule has 0 saturated carbocycles. The van der Waals surface area contributed by atoms with Crippen molar-refractivity contribution in [3.8, 4) is 0 Å². The molecular weight excluding hydrogens is 282 g/mol. The summed E-state index contributed by atoms with van der Waals surface area (Å²) in [5.74, 6) is -0.910. The highest BCUT2D eigenvalue weighted by molar-refractivity contribution is 5.79. The van der Waals surface area contributed by atoms with Crippen molar-refractivity contribution in [2.24, 2.45) is 0 Å². The summed E-state index contributed by atoms with van der Waals surface area (Å²) in [6, 6.07) is 8.31. The highest BCUT2D eigenvalue weighted by Crippen LogP contribution is 2.21. The molecule has 0 aromatic heterocycles. The lowest BCUT2D eigenvalue weighted by Gasteiger charge is -2.31. The fraction of sp³-hybridized carbons (Fsp3) is 0.529. The number of hydrogen-bond donors (Lipinski definition) is 1. The molecule has 1 aromatic rings. The van der Waals surface area contributed by atoms with Crippen molar-refractivity contribution < 1.29 is 19.4 Å². The molecule has 0 unspecified atom stereocenters. The predicted molar refractivity (Wildman–Crippen MR) is 82.8 cm³/mol. The molecule has 2 rings (SSSR count). The van der Waals surface area contributed by atoms with Crippen molar-refractivity contribution in [3.63, 3.8) is 0 Å². The third-order valence-electron chi connectivity index (χ3n) is 4.13. The maximum atomic E-state index is 12.4. The number of aliphatic carboxylic acids is 1. The highest BCUT2D eigenvalue weighted by Gasteiger charge is 2.29. The van der Waals surface area contributed by atoms with Crippen LogP contribution in [0.25, 0.3) is 0 Å². The van der Waals surface area contributed by atoms with E-state index >= 15 is 0 Å². The largest absolute Gasteiger partial charge is 0.479 e. The Labute approximate surface area is 130 Å². The van der Waals surface area contributed by atoms with Crippen LogP contribution in [0.1, 0.15) is 37.3 Å². The lowest BCUT2D eigenvalue weighted by Crippen LogP contribution is -2.48. The number of carbonyl (C=O) groups is 2. The Morgan fingerprint density at radius 3 is 2.64 bits per heavy atom. The predicted octanol–water partition coefficient (Wildman–Crippen LogP) is 2.05. The minimum atomic E-state index is -1.01. The third kappa shape index (κ3) is 4.07. The summed E-state index contributed by atoms with van der Waals surface area (Å²) in [5, 5.41) is 8.98. The number of hydrogen-bond acceptors (Lipinski definition) is 3. The minimum Gasteiger partial charge on any atom is -0.479 e. The molecule has 1 aliphatic rings. The zero-order chi connectivity index (χ0) is 16.1. The number of ether oxygens (including phenoxy) is 1. The molecule has 5 nitrogen and oxygen atoms in total. The van der Waals surface area contributed by atoms with Crippen LogP contribution in [0.15, 0.2) is 24.3 Å². The Hall–Kier alpha value is -1.88. The van der Waals surface area contributed by atoms with Crippen LogP contribution in [0.5, 0.6) is 0 Å². The van der Waals surface area contributed by atoms with E-state index in [0.717, 1.165) is 12.0 Å². The highest BCUT2D eigenvalue weighted by atomic mass is 16.5. The number of carboxylic acid groups (broad SMARTS) is 1. The number of carboxylic acids is 1. The van der Waals surface area contributed by atoms with Gasteiger partial charge in [-0.25, -0.2) is 4.79 Å². The molecule has 1 aromatic carbocycles. The van der Waals surface area contributed by atoms with E-state index in [1.807, 2.05) is 6.92 Å². The van der Waals surface area contributed by atoms with Gasteiger partial charge in [-0.05, 0) is 23.5 Å². The van der Waals surface area contributed by atoms with Gasteiger partial charge in [0, 0.05) is 13.0 Å². The first-order valence-electron chi connectivity index (χ1n) is 7.72. The van der Waals surface area contributed by atoms with E-state index in [9.17, 15) is 9.59 Å². The fourth-order valence-corrected chi connectivity index (χ4v) is 2.62. The molecule has 1 saturated heterocycles. The first-order chi connectivity index (χ1) is 10.5. The van der Waals surface area contributed by atoms with Crippen molar-refractivity contribution in [3.05, 3.63) is 35.4 Å². The molecule has 0 radical (unpaired) electrons. The van der Waals surface area contributed by atoms with E-state index < -0.39 is 12.1 Å². The van der Waals surface area contributed by atoms with Gasteiger partial charge in [-0.1, -0.05) is 38.1 Å². The monoisotopic (exact) mass is 305 g/mol. The normalized spacial score (nSPS) is 19.7. The maximum absolute atomic E-state index is 12.4. The van der Waals surface area contributed by atoms with E-state index in [2.05, 4.69) is 31.2 Å². The molecule has 0 bridgehead atoms. The topological polar surface area (TPSA) is 66.8 Å². The van der Waals surface area contributed by atoms with Gasteiger partial charge in [0.2, 0.25) is 5.91 Å². The Morgan fingerprint density at radius 2 is 2.05 bits per heavy atom. The first kappa shape index (κ1) is 16.5. The molecular formula is C17H23NO4. The van der Waals surface area contributed by atoms with Gasteiger partial charge >= 0.3 is 5.97 Å². The standard InChI is InChI=1S/C17H23NO4/c1-3-13-4-6-14(7-5-13)12(2)10-16(19)18-8-9-22-15(11-18)17(20)21/h4-7,12,15H,3,8-11H2,1-2H3,(H,20,21)/t12-,15-/m1/s1. The number of benzene rings is 1. The summed E-state index contributed by atoms with van der Waals surface area (Å²) < 4.78 is 5.14. The van der Waals surface area contributed by atoms with Crippen molar-refractivity contribution in [2.75, 3.05) is 19.7 Å². The second kappa shape index (κ2) is 7.40. The molecule has 5 heteroatoms. The van der Waals surface area contributed by atoms with Gasteiger partial charge in [0.15, 0.2) is 6.10 Å². The molecule has 0 aliphatic carbocycles. The number of morpholine rings is 1. The number of rotatable bonds is 5. The summed E-state index contributed by atoms with van der Waals surface area (Å²) in [7, 11) is 0. The fourth-order valence-electron chi connectivity index (χ4n) is 2.62. The summed E-state index contributed by atoms with van der Waals surface area (Å²) >= 11 is 0. The quantitative estimate of drug-likeness (QED) is 0.904. The van der Waals surface area contributed by atoms with E-state index in [-0.39, 0.29) is 25.0 Å². The average molecular weight is 305 g/mol. The Bertz CT molecular complexity index is 526. The zero-order valence-electron chi connectivity index (χ0n) is 13.1. The van der Waals surface area contributed by atoms with Gasteiger partial charge in [-0.2, -0.15) is 0 Å². The minimum absolute atomic E-state index is 0.0124. The molecule has 120 valence electrons. The first-order valence-corrected chi connectivity index (χ1v) is 7.72. The molecule has 1 fully saturated rings. The van der Waals surface area contributed by atoms with Gasteiger partial charge in [-0.3, -0.25) is 4.79 Å². The summed E-state index contributed by atoms with van der Waals surface area (Å²) in [5.41, 5.74) is 2.41. The van der Waals surface area contributed by atoms with E-state index in [4.69, 9.17) is 9.84 Å².